The number of aromatic nitrogens is 2. The van der Waals surface area contributed by atoms with E-state index in [-0.39, 0.29) is 17.6 Å². The number of amides is 3. The molecular formula is C12H17N5O4. The molecule has 1 saturated heterocycles. The highest BCUT2D eigenvalue weighted by molar-refractivity contribution is 5.88. The third-order valence-electron chi connectivity index (χ3n) is 3.31. The Morgan fingerprint density at radius 3 is 2.57 bits per heavy atom. The molecule has 3 N–H and O–H groups in total. The first-order valence-corrected chi connectivity index (χ1v) is 6.55. The summed E-state index contributed by atoms with van der Waals surface area (Å²) in [4.78, 5) is 35.4. The van der Waals surface area contributed by atoms with Crippen LogP contribution in [0, 0.1) is 0 Å². The van der Waals surface area contributed by atoms with Gasteiger partial charge in [-0.3, -0.25) is 10.1 Å². The van der Waals surface area contributed by atoms with Crippen molar-refractivity contribution in [2.75, 3.05) is 18.4 Å². The van der Waals surface area contributed by atoms with E-state index in [9.17, 15) is 14.4 Å². The summed E-state index contributed by atoms with van der Waals surface area (Å²) >= 11 is 0. The van der Waals surface area contributed by atoms with Gasteiger partial charge in [0.25, 0.3) is 5.56 Å². The van der Waals surface area contributed by atoms with Gasteiger partial charge in [-0.25, -0.2) is 14.3 Å². The molecular weight excluding hydrogens is 278 g/mol. The molecule has 0 atom stereocenters. The average molecular weight is 295 g/mol. The normalized spacial score (nSPS) is 15.6. The molecule has 9 heteroatoms. The summed E-state index contributed by atoms with van der Waals surface area (Å²) in [6, 6.07) is 2.34. The highest BCUT2D eigenvalue weighted by Gasteiger charge is 2.23. The molecule has 1 aromatic heterocycles. The van der Waals surface area contributed by atoms with E-state index in [0.717, 1.165) is 4.68 Å². The van der Waals surface area contributed by atoms with Gasteiger partial charge in [0.15, 0.2) is 5.82 Å². The Balaban J connectivity index is 1.88. The largest absolute Gasteiger partial charge is 0.465 e. The molecule has 114 valence electrons. The maximum atomic E-state index is 12.0. The predicted octanol–water partition coefficient (Wildman–Crippen LogP) is 0.0442. The lowest BCUT2D eigenvalue weighted by Crippen LogP contribution is -2.47. The van der Waals surface area contributed by atoms with Gasteiger partial charge in [0.1, 0.15) is 0 Å². The van der Waals surface area contributed by atoms with Crippen LogP contribution < -0.4 is 16.2 Å². The fraction of sp³-hybridized carbons (Fsp3) is 0.500. The van der Waals surface area contributed by atoms with Crippen LogP contribution in [0.4, 0.5) is 15.4 Å². The van der Waals surface area contributed by atoms with Crippen molar-refractivity contribution in [1.29, 1.82) is 0 Å². The highest BCUT2D eigenvalue weighted by Crippen LogP contribution is 2.11. The quantitative estimate of drug-likeness (QED) is 0.712. The molecule has 0 aromatic carbocycles. The van der Waals surface area contributed by atoms with Gasteiger partial charge < -0.3 is 15.3 Å². The van der Waals surface area contributed by atoms with E-state index in [4.69, 9.17) is 5.11 Å². The minimum absolute atomic E-state index is 0.123. The van der Waals surface area contributed by atoms with E-state index in [2.05, 4.69) is 15.7 Å². The zero-order valence-corrected chi connectivity index (χ0v) is 11.6. The van der Waals surface area contributed by atoms with Gasteiger partial charge in [0.05, 0.1) is 0 Å². The van der Waals surface area contributed by atoms with E-state index in [1.807, 2.05) is 0 Å². The van der Waals surface area contributed by atoms with Gasteiger partial charge in [-0.05, 0) is 18.9 Å². The molecule has 9 nitrogen and oxygen atoms in total. The van der Waals surface area contributed by atoms with E-state index < -0.39 is 6.09 Å². The number of hydrogen-bond acceptors (Lipinski definition) is 4. The van der Waals surface area contributed by atoms with Gasteiger partial charge >= 0.3 is 12.1 Å². The minimum atomic E-state index is -1.05. The Kier molecular flexibility index (Phi) is 4.41. The fourth-order valence-electron chi connectivity index (χ4n) is 2.16. The maximum Gasteiger partial charge on any atom is 0.404 e. The first-order valence-electron chi connectivity index (χ1n) is 6.55. The summed E-state index contributed by atoms with van der Waals surface area (Å²) in [5.41, 5.74) is -0.256. The molecule has 3 amide bonds. The Morgan fingerprint density at radius 2 is 2.00 bits per heavy atom. The lowest BCUT2D eigenvalue weighted by Gasteiger charge is -2.31. The monoisotopic (exact) mass is 295 g/mol. The number of carbonyl (C=O) groups excluding carboxylic acids is 1. The number of nitrogens with one attached hydrogen (secondary N) is 2. The number of piperidine rings is 1. The van der Waals surface area contributed by atoms with Crippen LogP contribution in [0.2, 0.25) is 0 Å². The van der Waals surface area contributed by atoms with Gasteiger partial charge in [-0.15, -0.1) is 0 Å². The van der Waals surface area contributed by atoms with Crippen molar-refractivity contribution in [2.24, 2.45) is 7.05 Å². The summed E-state index contributed by atoms with van der Waals surface area (Å²) in [5.74, 6) is 0.299. The van der Waals surface area contributed by atoms with Gasteiger partial charge in [0, 0.05) is 32.2 Å². The van der Waals surface area contributed by atoms with Gasteiger partial charge in [0.2, 0.25) is 0 Å². The van der Waals surface area contributed by atoms with Crippen molar-refractivity contribution in [3.63, 3.8) is 0 Å². The zero-order valence-electron chi connectivity index (χ0n) is 11.6. The number of aryl methyl sites for hydroxylation is 1. The second-order valence-corrected chi connectivity index (χ2v) is 4.82. The van der Waals surface area contributed by atoms with Crippen molar-refractivity contribution < 1.29 is 14.7 Å². The maximum absolute atomic E-state index is 12.0. The van der Waals surface area contributed by atoms with Crippen LogP contribution in [-0.2, 0) is 7.05 Å². The zero-order chi connectivity index (χ0) is 15.4. The first kappa shape index (κ1) is 14.8. The van der Waals surface area contributed by atoms with Gasteiger partial charge in [-0.2, -0.15) is 5.10 Å². The van der Waals surface area contributed by atoms with E-state index >= 15 is 0 Å². The van der Waals surface area contributed by atoms with Crippen LogP contribution in [0.25, 0.3) is 0 Å². The summed E-state index contributed by atoms with van der Waals surface area (Å²) in [7, 11) is 1.50. The van der Waals surface area contributed by atoms with Crippen LogP contribution >= 0.6 is 0 Å². The second kappa shape index (κ2) is 6.25. The van der Waals surface area contributed by atoms with Crippen LogP contribution in [0.3, 0.4) is 0 Å². The van der Waals surface area contributed by atoms with Crippen molar-refractivity contribution >= 4 is 17.9 Å². The smallest absolute Gasteiger partial charge is 0.404 e. The molecule has 2 heterocycles. The number of urea groups is 1. The Labute approximate surface area is 120 Å². The van der Waals surface area contributed by atoms with E-state index in [0.29, 0.717) is 31.7 Å². The topological polar surface area (TPSA) is 117 Å². The summed E-state index contributed by atoms with van der Waals surface area (Å²) < 4.78 is 1.14. The molecule has 0 unspecified atom stereocenters. The standard InChI is InChI=1S/C12H17N5O4/c1-16-10(18)3-2-9(15-16)14-11(19)17-6-4-8(5-7-17)13-12(20)21/h2-3,8,13H,4-7H2,1H3,(H,20,21)(H,14,15,19). The molecule has 1 aliphatic rings. The first-order chi connectivity index (χ1) is 9.95. The molecule has 0 radical (unpaired) electrons. The van der Waals surface area contributed by atoms with Crippen LogP contribution in [-0.4, -0.2) is 51.0 Å². The summed E-state index contributed by atoms with van der Waals surface area (Å²) in [6.45, 7) is 0.922. The Morgan fingerprint density at radius 1 is 1.33 bits per heavy atom. The fourth-order valence-corrected chi connectivity index (χ4v) is 2.16. The number of likely N-dealkylation sites (tertiary alicyclic amines) is 1. The van der Waals surface area contributed by atoms with Crippen LogP contribution in [0.5, 0.6) is 0 Å². The molecule has 0 saturated carbocycles. The summed E-state index contributed by atoms with van der Waals surface area (Å²) in [6.07, 6.45) is 0.0909. The molecule has 0 spiro atoms. The van der Waals surface area contributed by atoms with E-state index in [1.54, 1.807) is 4.90 Å². The molecule has 21 heavy (non-hydrogen) atoms. The number of carbonyl (C=O) groups is 2. The number of nitrogens with zero attached hydrogens (tertiary/aromatic N) is 3. The average Bonchev–Trinajstić information content (AvgIpc) is 2.43. The van der Waals surface area contributed by atoms with Crippen molar-refractivity contribution in [3.8, 4) is 0 Å². The number of hydrogen-bond donors (Lipinski definition) is 3. The lowest BCUT2D eigenvalue weighted by molar-refractivity contribution is 0.171. The number of anilines is 1. The van der Waals surface area contributed by atoms with Crippen molar-refractivity contribution in [2.45, 2.75) is 18.9 Å². The molecule has 1 fully saturated rings. The van der Waals surface area contributed by atoms with Gasteiger partial charge in [-0.1, -0.05) is 0 Å². The molecule has 1 aromatic rings. The predicted molar refractivity (Wildman–Crippen MR) is 74.3 cm³/mol. The molecule has 1 aliphatic heterocycles. The summed E-state index contributed by atoms with van der Waals surface area (Å²) in [5, 5.41) is 17.6. The van der Waals surface area contributed by atoms with Crippen molar-refractivity contribution in [1.82, 2.24) is 20.0 Å². The Bertz CT molecular complexity index is 592. The molecule has 0 aliphatic carbocycles. The Hall–Kier alpha value is -2.58. The van der Waals surface area contributed by atoms with Crippen molar-refractivity contribution in [3.05, 3.63) is 22.5 Å². The third-order valence-corrected chi connectivity index (χ3v) is 3.31. The number of carboxylic acid groups (broad SMARTS) is 1. The second-order valence-electron chi connectivity index (χ2n) is 4.82. The SMILES string of the molecule is Cn1nc(NC(=O)N2CCC(NC(=O)O)CC2)ccc1=O. The highest BCUT2D eigenvalue weighted by atomic mass is 16.4. The van der Waals surface area contributed by atoms with E-state index in [1.165, 1.54) is 19.2 Å². The molecule has 0 bridgehead atoms. The van der Waals surface area contributed by atoms with Crippen LogP contribution in [0.1, 0.15) is 12.8 Å². The third kappa shape index (κ3) is 3.94. The minimum Gasteiger partial charge on any atom is -0.465 e. The number of rotatable bonds is 2. The lowest BCUT2D eigenvalue weighted by atomic mass is 10.1. The molecule has 2 rings (SSSR count). The van der Waals surface area contributed by atoms with Crippen LogP contribution in [0.15, 0.2) is 16.9 Å².